The highest BCUT2D eigenvalue weighted by molar-refractivity contribution is 5.02. The van der Waals surface area contributed by atoms with Crippen molar-refractivity contribution < 1.29 is 40.9 Å². The molecule has 0 rings (SSSR count). The van der Waals surface area contributed by atoms with Crippen molar-refractivity contribution in [1.82, 2.24) is 0 Å². The predicted molar refractivity (Wildman–Crippen MR) is 54.8 cm³/mol. The van der Waals surface area contributed by atoms with Crippen LogP contribution in [-0.2, 0) is 0 Å². The van der Waals surface area contributed by atoms with Crippen LogP contribution in [0.15, 0.2) is 0 Å². The summed E-state index contributed by atoms with van der Waals surface area (Å²) in [4.78, 5) is 0. The van der Waals surface area contributed by atoms with Gasteiger partial charge in [-0.1, -0.05) is 0 Å². The molecular weight excluding hydrogens is 236 g/mol. The summed E-state index contributed by atoms with van der Waals surface area (Å²) in [6.07, 6.45) is -7.36. The molecular formula is C9H20O8. The molecule has 0 radical (unpaired) electrons. The highest BCUT2D eigenvalue weighted by Crippen LogP contribution is 2.35. The molecule has 0 bridgehead atoms. The topological polar surface area (TPSA) is 162 Å². The number of hydrogen-bond acceptors (Lipinski definition) is 8. The quantitative estimate of drug-likeness (QED) is 0.215. The first-order chi connectivity index (χ1) is 7.93. The fourth-order valence-electron chi connectivity index (χ4n) is 1.96. The number of aliphatic hydroxyl groups excluding tert-OH is 8. The lowest BCUT2D eigenvalue weighted by Gasteiger charge is -2.46. The van der Waals surface area contributed by atoms with Crippen molar-refractivity contribution in [1.29, 1.82) is 0 Å². The Balaban J connectivity index is 5.51. The van der Waals surface area contributed by atoms with Gasteiger partial charge in [-0.05, 0) is 0 Å². The molecule has 0 saturated carbocycles. The van der Waals surface area contributed by atoms with E-state index in [4.69, 9.17) is 20.4 Å². The van der Waals surface area contributed by atoms with Crippen LogP contribution in [0.3, 0.4) is 0 Å². The summed E-state index contributed by atoms with van der Waals surface area (Å²) in [5.74, 6) is 0. The molecule has 4 atom stereocenters. The summed E-state index contributed by atoms with van der Waals surface area (Å²) >= 11 is 0. The lowest BCUT2D eigenvalue weighted by Crippen LogP contribution is -2.64. The maximum absolute atomic E-state index is 9.61. The van der Waals surface area contributed by atoms with Gasteiger partial charge in [0.1, 0.15) is 0 Å². The van der Waals surface area contributed by atoms with E-state index in [2.05, 4.69) is 0 Å². The van der Waals surface area contributed by atoms with E-state index in [0.717, 1.165) is 0 Å². The molecule has 8 nitrogen and oxygen atoms in total. The number of rotatable bonds is 8. The predicted octanol–water partition coefficient (Wildman–Crippen LogP) is -4.61. The number of aliphatic hydroxyl groups is 8. The van der Waals surface area contributed by atoms with E-state index in [1.807, 2.05) is 0 Å². The van der Waals surface area contributed by atoms with Crippen LogP contribution in [0.2, 0.25) is 0 Å². The Morgan fingerprint density at radius 2 is 0.706 bits per heavy atom. The molecule has 0 aromatic rings. The third-order valence-corrected chi connectivity index (χ3v) is 3.00. The lowest BCUT2D eigenvalue weighted by molar-refractivity contribution is -0.222. The van der Waals surface area contributed by atoms with Crippen LogP contribution in [0.25, 0.3) is 0 Å². The lowest BCUT2D eigenvalue weighted by atomic mass is 9.68. The fourth-order valence-corrected chi connectivity index (χ4v) is 1.96. The van der Waals surface area contributed by atoms with Gasteiger partial charge in [0.15, 0.2) is 0 Å². The highest BCUT2D eigenvalue weighted by Gasteiger charge is 2.54. The fraction of sp³-hybridized carbons (Fsp3) is 1.00. The molecule has 17 heavy (non-hydrogen) atoms. The second-order valence-electron chi connectivity index (χ2n) is 3.79. The maximum atomic E-state index is 9.61. The van der Waals surface area contributed by atoms with Crippen molar-refractivity contribution in [2.24, 2.45) is 5.41 Å². The normalized spacial score (nSPS) is 22.6. The van der Waals surface area contributed by atoms with Gasteiger partial charge in [0.2, 0.25) is 0 Å². The van der Waals surface area contributed by atoms with E-state index < -0.39 is 56.3 Å². The zero-order valence-electron chi connectivity index (χ0n) is 9.22. The van der Waals surface area contributed by atoms with E-state index in [9.17, 15) is 20.4 Å². The minimum atomic E-state index is -2.24. The van der Waals surface area contributed by atoms with Gasteiger partial charge in [0, 0.05) is 0 Å². The minimum Gasteiger partial charge on any atom is -0.394 e. The molecule has 0 fully saturated rings. The Hall–Kier alpha value is -0.320. The van der Waals surface area contributed by atoms with E-state index >= 15 is 0 Å². The van der Waals surface area contributed by atoms with Crippen molar-refractivity contribution >= 4 is 0 Å². The Labute approximate surface area is 98.0 Å². The van der Waals surface area contributed by atoms with Crippen molar-refractivity contribution in [3.05, 3.63) is 0 Å². The second kappa shape index (κ2) is 7.19. The SMILES string of the molecule is OCC(O)C(C(O)CO)(C(O)CO)C(O)CO. The molecule has 0 saturated heterocycles. The summed E-state index contributed by atoms with van der Waals surface area (Å²) in [7, 11) is 0. The average molecular weight is 256 g/mol. The maximum Gasteiger partial charge on any atom is 0.0904 e. The van der Waals surface area contributed by atoms with Crippen molar-refractivity contribution in [2.75, 3.05) is 26.4 Å². The molecule has 0 aromatic carbocycles. The Morgan fingerprint density at radius 1 is 0.529 bits per heavy atom. The number of hydrogen-bond donors (Lipinski definition) is 8. The van der Waals surface area contributed by atoms with Crippen LogP contribution in [0, 0.1) is 5.41 Å². The summed E-state index contributed by atoms with van der Waals surface area (Å²) < 4.78 is 0. The average Bonchev–Trinajstić information content (AvgIpc) is 2.37. The Morgan fingerprint density at radius 3 is 0.824 bits per heavy atom. The van der Waals surface area contributed by atoms with E-state index in [-0.39, 0.29) is 0 Å². The molecule has 104 valence electrons. The van der Waals surface area contributed by atoms with Gasteiger partial charge >= 0.3 is 0 Å². The first-order valence-electron chi connectivity index (χ1n) is 5.09. The van der Waals surface area contributed by atoms with Crippen LogP contribution in [-0.4, -0.2) is 91.7 Å². The van der Waals surface area contributed by atoms with E-state index in [0.29, 0.717) is 0 Å². The zero-order valence-corrected chi connectivity index (χ0v) is 9.22. The second-order valence-corrected chi connectivity index (χ2v) is 3.79. The van der Waals surface area contributed by atoms with Crippen molar-refractivity contribution in [3.8, 4) is 0 Å². The summed E-state index contributed by atoms with van der Waals surface area (Å²) in [5, 5.41) is 73.9. The summed E-state index contributed by atoms with van der Waals surface area (Å²) in [5.41, 5.74) is -2.24. The van der Waals surface area contributed by atoms with Gasteiger partial charge in [-0.3, -0.25) is 0 Å². The van der Waals surface area contributed by atoms with Crippen LogP contribution >= 0.6 is 0 Å². The van der Waals surface area contributed by atoms with E-state index in [1.54, 1.807) is 0 Å². The van der Waals surface area contributed by atoms with Crippen LogP contribution in [0.5, 0.6) is 0 Å². The van der Waals surface area contributed by atoms with E-state index in [1.165, 1.54) is 0 Å². The van der Waals surface area contributed by atoms with Gasteiger partial charge in [0.05, 0.1) is 56.3 Å². The van der Waals surface area contributed by atoms with Gasteiger partial charge in [-0.25, -0.2) is 0 Å². The smallest absolute Gasteiger partial charge is 0.0904 e. The van der Waals surface area contributed by atoms with Crippen LogP contribution < -0.4 is 0 Å². The molecule has 0 spiro atoms. The van der Waals surface area contributed by atoms with Crippen molar-refractivity contribution in [3.63, 3.8) is 0 Å². The molecule has 0 heterocycles. The first-order valence-corrected chi connectivity index (χ1v) is 5.09. The molecule has 8 heteroatoms. The third kappa shape index (κ3) is 2.92. The molecule has 0 aliphatic heterocycles. The monoisotopic (exact) mass is 256 g/mol. The molecule has 8 N–H and O–H groups in total. The van der Waals surface area contributed by atoms with Gasteiger partial charge < -0.3 is 40.9 Å². The van der Waals surface area contributed by atoms with Crippen molar-refractivity contribution in [2.45, 2.75) is 24.4 Å². The standard InChI is InChI=1S/C9H20O8/c10-1-5(14)9(6(15)2-11,7(16)3-12)8(17)4-13/h5-8,10-17H,1-4H2. The van der Waals surface area contributed by atoms with Gasteiger partial charge in [-0.15, -0.1) is 0 Å². The summed E-state index contributed by atoms with van der Waals surface area (Å²) in [6, 6.07) is 0. The highest BCUT2D eigenvalue weighted by atomic mass is 16.4. The van der Waals surface area contributed by atoms with Crippen LogP contribution in [0.1, 0.15) is 0 Å². The van der Waals surface area contributed by atoms with Crippen LogP contribution in [0.4, 0.5) is 0 Å². The molecule has 0 amide bonds. The molecule has 0 aliphatic carbocycles. The largest absolute Gasteiger partial charge is 0.394 e. The van der Waals surface area contributed by atoms with Gasteiger partial charge in [0.25, 0.3) is 0 Å². The molecule has 0 aromatic heterocycles. The summed E-state index contributed by atoms with van der Waals surface area (Å²) in [6.45, 7) is -3.76. The Kier molecular flexibility index (Phi) is 7.05. The Bertz CT molecular complexity index is 166. The third-order valence-electron chi connectivity index (χ3n) is 3.00. The molecule has 4 unspecified atom stereocenters. The van der Waals surface area contributed by atoms with Gasteiger partial charge in [-0.2, -0.15) is 0 Å². The first kappa shape index (κ1) is 16.7. The minimum absolute atomic E-state index is 0.939. The molecule has 0 aliphatic rings. The zero-order chi connectivity index (χ0) is 13.6.